The van der Waals surface area contributed by atoms with Crippen LogP contribution >= 0.6 is 0 Å². The average Bonchev–Trinajstić information content (AvgIpc) is 3.01. The quantitative estimate of drug-likeness (QED) is 0.776. The van der Waals surface area contributed by atoms with Crippen molar-refractivity contribution in [2.24, 2.45) is 0 Å². The van der Waals surface area contributed by atoms with Gasteiger partial charge in [0, 0.05) is 54.0 Å². The molecule has 0 aliphatic carbocycles. The molecule has 0 saturated carbocycles. The lowest BCUT2D eigenvalue weighted by Gasteiger charge is -2.36. The Hall–Kier alpha value is -2.82. The summed E-state index contributed by atoms with van der Waals surface area (Å²) in [5, 5.41) is 1.06. The molecule has 5 heteroatoms. The number of fused-ring (bicyclic) bond motifs is 1. The maximum absolute atomic E-state index is 13.0. The molecule has 1 N–H and O–H groups in total. The third-order valence-electron chi connectivity index (χ3n) is 4.76. The Morgan fingerprint density at radius 3 is 2.44 bits per heavy atom. The number of hydrogen-bond donors (Lipinski definition) is 1. The van der Waals surface area contributed by atoms with Gasteiger partial charge in [-0.1, -0.05) is 0 Å². The second-order valence-electron chi connectivity index (χ2n) is 6.51. The van der Waals surface area contributed by atoms with E-state index in [2.05, 4.69) is 16.0 Å². The minimum Gasteiger partial charge on any atom is -0.368 e. The van der Waals surface area contributed by atoms with E-state index in [-0.39, 0.29) is 11.7 Å². The molecule has 0 radical (unpaired) electrons. The van der Waals surface area contributed by atoms with Crippen LogP contribution in [-0.2, 0) is 0 Å². The number of benzene rings is 2. The van der Waals surface area contributed by atoms with Gasteiger partial charge in [-0.15, -0.1) is 0 Å². The highest BCUT2D eigenvalue weighted by Crippen LogP contribution is 2.20. The van der Waals surface area contributed by atoms with E-state index in [0.717, 1.165) is 40.9 Å². The molecule has 1 aromatic heterocycles. The van der Waals surface area contributed by atoms with Crippen molar-refractivity contribution in [2.45, 2.75) is 6.92 Å². The predicted octanol–water partition coefficient (Wildman–Crippen LogP) is 3.58. The van der Waals surface area contributed by atoms with Gasteiger partial charge in [0.25, 0.3) is 5.91 Å². The highest BCUT2D eigenvalue weighted by molar-refractivity contribution is 5.98. The van der Waals surface area contributed by atoms with E-state index in [4.69, 9.17) is 0 Å². The molecule has 4 nitrogen and oxygen atoms in total. The molecule has 2 heterocycles. The van der Waals surface area contributed by atoms with Crippen LogP contribution in [0.5, 0.6) is 0 Å². The summed E-state index contributed by atoms with van der Waals surface area (Å²) in [7, 11) is 0. The van der Waals surface area contributed by atoms with Crippen molar-refractivity contribution < 1.29 is 9.18 Å². The monoisotopic (exact) mass is 337 g/mol. The first-order valence-corrected chi connectivity index (χ1v) is 8.49. The Morgan fingerprint density at radius 1 is 1.00 bits per heavy atom. The summed E-state index contributed by atoms with van der Waals surface area (Å²) in [4.78, 5) is 20.1. The molecule has 0 unspecified atom stereocenters. The average molecular weight is 337 g/mol. The van der Waals surface area contributed by atoms with E-state index < -0.39 is 0 Å². The third-order valence-corrected chi connectivity index (χ3v) is 4.76. The van der Waals surface area contributed by atoms with Crippen LogP contribution in [-0.4, -0.2) is 42.0 Å². The Balaban J connectivity index is 1.45. The zero-order chi connectivity index (χ0) is 17.4. The molecule has 0 atom stereocenters. The molecule has 4 rings (SSSR count). The van der Waals surface area contributed by atoms with Gasteiger partial charge in [0.2, 0.25) is 0 Å². The summed E-state index contributed by atoms with van der Waals surface area (Å²) >= 11 is 0. The molecular formula is C20H20FN3O. The van der Waals surface area contributed by atoms with E-state index in [9.17, 15) is 9.18 Å². The second kappa shape index (κ2) is 6.24. The highest BCUT2D eigenvalue weighted by atomic mass is 19.1. The minimum atomic E-state index is -0.229. The van der Waals surface area contributed by atoms with Crippen molar-refractivity contribution in [3.05, 3.63) is 65.6 Å². The van der Waals surface area contributed by atoms with Crippen LogP contribution in [0.1, 0.15) is 16.1 Å². The first-order valence-electron chi connectivity index (χ1n) is 8.49. The van der Waals surface area contributed by atoms with Crippen molar-refractivity contribution in [1.82, 2.24) is 9.88 Å². The summed E-state index contributed by atoms with van der Waals surface area (Å²) in [5.41, 5.74) is 3.86. The predicted molar refractivity (Wildman–Crippen MR) is 97.6 cm³/mol. The lowest BCUT2D eigenvalue weighted by Crippen LogP contribution is -2.48. The first kappa shape index (κ1) is 15.7. The van der Waals surface area contributed by atoms with E-state index in [0.29, 0.717) is 13.1 Å². The number of aromatic nitrogens is 1. The van der Waals surface area contributed by atoms with Gasteiger partial charge in [-0.2, -0.15) is 0 Å². The number of hydrogen-bond acceptors (Lipinski definition) is 2. The standard InChI is InChI=1S/C20H20FN3O/c1-14-12-16-13-15(2-7-19(16)22-14)20(25)24-10-8-23(9-11-24)18-5-3-17(21)4-6-18/h2-7,12-13,22H,8-11H2,1H3. The van der Waals surface area contributed by atoms with Crippen molar-refractivity contribution in [3.8, 4) is 0 Å². The Kier molecular flexibility index (Phi) is 3.92. The van der Waals surface area contributed by atoms with E-state index in [1.54, 1.807) is 12.1 Å². The van der Waals surface area contributed by atoms with E-state index >= 15 is 0 Å². The number of aryl methyl sites for hydroxylation is 1. The number of carbonyl (C=O) groups excluding carboxylic acids is 1. The number of halogens is 1. The van der Waals surface area contributed by atoms with Crippen LogP contribution in [0, 0.1) is 12.7 Å². The summed E-state index contributed by atoms with van der Waals surface area (Å²) in [5.74, 6) is -0.160. The molecule has 1 saturated heterocycles. The zero-order valence-corrected chi connectivity index (χ0v) is 14.1. The maximum Gasteiger partial charge on any atom is 0.253 e. The molecule has 1 aliphatic heterocycles. The van der Waals surface area contributed by atoms with Crippen molar-refractivity contribution in [3.63, 3.8) is 0 Å². The van der Waals surface area contributed by atoms with Crippen LogP contribution in [0.2, 0.25) is 0 Å². The Morgan fingerprint density at radius 2 is 1.72 bits per heavy atom. The largest absolute Gasteiger partial charge is 0.368 e. The number of H-pyrrole nitrogens is 1. The summed E-state index contributed by atoms with van der Waals surface area (Å²) in [6.07, 6.45) is 0. The van der Waals surface area contributed by atoms with Crippen LogP contribution in [0.15, 0.2) is 48.5 Å². The van der Waals surface area contributed by atoms with Crippen LogP contribution < -0.4 is 4.90 Å². The molecule has 0 bridgehead atoms. The number of carbonyl (C=O) groups is 1. The van der Waals surface area contributed by atoms with Gasteiger partial charge in [0.15, 0.2) is 0 Å². The smallest absolute Gasteiger partial charge is 0.253 e. The summed E-state index contributed by atoms with van der Waals surface area (Å²) < 4.78 is 13.0. The molecule has 1 fully saturated rings. The lowest BCUT2D eigenvalue weighted by molar-refractivity contribution is 0.0747. The molecule has 128 valence electrons. The summed E-state index contributed by atoms with van der Waals surface area (Å²) in [6, 6.07) is 14.4. The Bertz CT molecular complexity index is 908. The fourth-order valence-corrected chi connectivity index (χ4v) is 3.41. The zero-order valence-electron chi connectivity index (χ0n) is 14.1. The fourth-order valence-electron chi connectivity index (χ4n) is 3.41. The number of aromatic amines is 1. The maximum atomic E-state index is 13.0. The minimum absolute atomic E-state index is 0.0690. The van der Waals surface area contributed by atoms with Gasteiger partial charge < -0.3 is 14.8 Å². The van der Waals surface area contributed by atoms with Crippen molar-refractivity contribution in [1.29, 1.82) is 0 Å². The SMILES string of the molecule is Cc1cc2cc(C(=O)N3CCN(c4ccc(F)cc4)CC3)ccc2[nH]1. The molecule has 2 aromatic carbocycles. The topological polar surface area (TPSA) is 39.3 Å². The van der Waals surface area contributed by atoms with Gasteiger partial charge in [0.05, 0.1) is 0 Å². The number of anilines is 1. The van der Waals surface area contributed by atoms with Crippen molar-refractivity contribution >= 4 is 22.5 Å². The second-order valence-corrected chi connectivity index (χ2v) is 6.51. The van der Waals surface area contributed by atoms with Crippen LogP contribution in [0.4, 0.5) is 10.1 Å². The number of piperazine rings is 1. The van der Waals surface area contributed by atoms with Gasteiger partial charge in [-0.25, -0.2) is 4.39 Å². The highest BCUT2D eigenvalue weighted by Gasteiger charge is 2.22. The molecular weight excluding hydrogens is 317 g/mol. The molecule has 3 aromatic rings. The first-order chi connectivity index (χ1) is 12.1. The van der Waals surface area contributed by atoms with Gasteiger partial charge >= 0.3 is 0 Å². The van der Waals surface area contributed by atoms with Gasteiger partial charge in [-0.3, -0.25) is 4.79 Å². The van der Waals surface area contributed by atoms with Crippen LogP contribution in [0.3, 0.4) is 0 Å². The van der Waals surface area contributed by atoms with Crippen molar-refractivity contribution in [2.75, 3.05) is 31.1 Å². The summed E-state index contributed by atoms with van der Waals surface area (Å²) in [6.45, 7) is 4.85. The lowest BCUT2D eigenvalue weighted by atomic mass is 10.1. The number of nitrogens with zero attached hydrogens (tertiary/aromatic N) is 2. The molecule has 0 spiro atoms. The fraction of sp³-hybridized carbons (Fsp3) is 0.250. The van der Waals surface area contributed by atoms with E-state index in [1.165, 1.54) is 12.1 Å². The Labute approximate surface area is 145 Å². The number of nitrogens with one attached hydrogen (secondary N) is 1. The number of rotatable bonds is 2. The molecule has 25 heavy (non-hydrogen) atoms. The third kappa shape index (κ3) is 3.09. The van der Waals surface area contributed by atoms with Gasteiger partial charge in [-0.05, 0) is 55.5 Å². The number of amides is 1. The normalized spacial score (nSPS) is 15.0. The molecule has 1 aliphatic rings. The van der Waals surface area contributed by atoms with E-state index in [1.807, 2.05) is 30.0 Å². The van der Waals surface area contributed by atoms with Gasteiger partial charge in [0.1, 0.15) is 5.82 Å². The van der Waals surface area contributed by atoms with Crippen LogP contribution in [0.25, 0.3) is 10.9 Å². The molecule has 1 amide bonds.